The Bertz CT molecular complexity index is 631. The van der Waals surface area contributed by atoms with E-state index in [1.165, 1.54) is 0 Å². The zero-order chi connectivity index (χ0) is 19.0. The Morgan fingerprint density at radius 1 is 0.808 bits per heavy atom. The van der Waals surface area contributed by atoms with Crippen molar-refractivity contribution in [2.75, 3.05) is 13.2 Å². The van der Waals surface area contributed by atoms with E-state index in [2.05, 4.69) is 50.7 Å². The molecule has 0 unspecified atom stereocenters. The minimum Gasteiger partial charge on any atom is -0.488 e. The van der Waals surface area contributed by atoms with E-state index in [1.54, 1.807) is 12.2 Å². The summed E-state index contributed by atoms with van der Waals surface area (Å²) < 4.78 is 11.6. The van der Waals surface area contributed by atoms with Gasteiger partial charge in [0.15, 0.2) is 0 Å². The fourth-order valence-electron chi connectivity index (χ4n) is 2.14. The Hall–Kier alpha value is -2.58. The highest BCUT2D eigenvalue weighted by Crippen LogP contribution is 2.28. The smallest absolute Gasteiger partial charge is 0.136 e. The first-order chi connectivity index (χ1) is 12.8. The number of ether oxygens (including phenoxy) is 2. The topological polar surface area (TPSA) is 18.5 Å². The summed E-state index contributed by atoms with van der Waals surface area (Å²) >= 11 is 0. The second kappa shape index (κ2) is 13.7. The summed E-state index contributed by atoms with van der Waals surface area (Å²) in [6.07, 6.45) is 9.65. The molecule has 2 heteroatoms. The number of unbranched alkanes of at least 4 members (excludes halogenated alkanes) is 4. The van der Waals surface area contributed by atoms with Gasteiger partial charge in [0, 0.05) is 25.0 Å². The molecule has 0 bridgehead atoms. The molecule has 0 spiro atoms. The van der Waals surface area contributed by atoms with Gasteiger partial charge in [0.2, 0.25) is 0 Å². The van der Waals surface area contributed by atoms with Gasteiger partial charge in [0.05, 0.1) is 11.1 Å². The van der Waals surface area contributed by atoms with E-state index in [9.17, 15) is 0 Å². The van der Waals surface area contributed by atoms with Crippen molar-refractivity contribution in [3.05, 3.63) is 48.6 Å². The molecule has 0 saturated carbocycles. The first-order valence-corrected chi connectivity index (χ1v) is 9.39. The Morgan fingerprint density at radius 2 is 1.23 bits per heavy atom. The van der Waals surface area contributed by atoms with Gasteiger partial charge in [-0.1, -0.05) is 75.7 Å². The van der Waals surface area contributed by atoms with Gasteiger partial charge in [-0.05, 0) is 12.8 Å². The summed E-state index contributed by atoms with van der Waals surface area (Å²) in [5, 5.41) is 0. The largest absolute Gasteiger partial charge is 0.488 e. The van der Waals surface area contributed by atoms with Crippen LogP contribution in [0.25, 0.3) is 0 Å². The Labute approximate surface area is 159 Å². The van der Waals surface area contributed by atoms with Crippen LogP contribution in [0.1, 0.15) is 63.5 Å². The van der Waals surface area contributed by atoms with Crippen LogP contribution in [0.3, 0.4) is 0 Å². The van der Waals surface area contributed by atoms with Gasteiger partial charge in [0.1, 0.15) is 24.7 Å². The standard InChI is InChI=1S/C24H30O2/c1-5-9-11-13-15-21-19-24(26-18-8-4)22(16-14-12-10-6-2)20-23(21)25-17-7-3/h7-8,19-20H,3-6,9-12,17-18H2,1-2H3. The molecule has 0 aliphatic rings. The van der Waals surface area contributed by atoms with E-state index in [1.807, 2.05) is 12.1 Å². The highest BCUT2D eigenvalue weighted by Gasteiger charge is 2.10. The second-order valence-electron chi connectivity index (χ2n) is 5.85. The molecule has 0 radical (unpaired) electrons. The van der Waals surface area contributed by atoms with Crippen LogP contribution in [0.15, 0.2) is 37.4 Å². The van der Waals surface area contributed by atoms with Crippen LogP contribution < -0.4 is 9.47 Å². The van der Waals surface area contributed by atoms with Crippen molar-refractivity contribution in [1.29, 1.82) is 0 Å². The van der Waals surface area contributed by atoms with Gasteiger partial charge >= 0.3 is 0 Å². The molecule has 1 aromatic carbocycles. The molecule has 0 aromatic heterocycles. The van der Waals surface area contributed by atoms with E-state index in [-0.39, 0.29) is 0 Å². The highest BCUT2D eigenvalue weighted by atomic mass is 16.5. The lowest BCUT2D eigenvalue weighted by molar-refractivity contribution is 0.351. The molecular formula is C24H30O2. The predicted octanol–water partition coefficient (Wildman–Crippen LogP) is 5.90. The van der Waals surface area contributed by atoms with Crippen molar-refractivity contribution < 1.29 is 9.47 Å². The Balaban J connectivity index is 3.22. The van der Waals surface area contributed by atoms with Crippen molar-refractivity contribution in [3.63, 3.8) is 0 Å². The molecule has 0 heterocycles. The van der Waals surface area contributed by atoms with Crippen LogP contribution in [-0.2, 0) is 0 Å². The zero-order valence-electron chi connectivity index (χ0n) is 16.2. The predicted molar refractivity (Wildman–Crippen MR) is 111 cm³/mol. The van der Waals surface area contributed by atoms with Crippen LogP contribution >= 0.6 is 0 Å². The molecule has 138 valence electrons. The van der Waals surface area contributed by atoms with Crippen LogP contribution in [0, 0.1) is 23.7 Å². The summed E-state index contributed by atoms with van der Waals surface area (Å²) in [5.74, 6) is 14.3. The van der Waals surface area contributed by atoms with Gasteiger partial charge in [0.25, 0.3) is 0 Å². The van der Waals surface area contributed by atoms with Crippen LogP contribution in [0.2, 0.25) is 0 Å². The molecule has 0 atom stereocenters. The van der Waals surface area contributed by atoms with Gasteiger partial charge in [-0.15, -0.1) is 0 Å². The van der Waals surface area contributed by atoms with Gasteiger partial charge in [-0.3, -0.25) is 0 Å². The first-order valence-electron chi connectivity index (χ1n) is 9.39. The van der Waals surface area contributed by atoms with Crippen molar-refractivity contribution in [3.8, 4) is 35.2 Å². The maximum atomic E-state index is 5.81. The molecule has 2 nitrogen and oxygen atoms in total. The number of benzene rings is 1. The maximum Gasteiger partial charge on any atom is 0.136 e. The van der Waals surface area contributed by atoms with E-state index in [0.717, 1.165) is 61.2 Å². The van der Waals surface area contributed by atoms with E-state index in [0.29, 0.717) is 13.2 Å². The molecule has 1 aromatic rings. The average molecular weight is 351 g/mol. The Kier molecular flexibility index (Phi) is 11.3. The fourth-order valence-corrected chi connectivity index (χ4v) is 2.14. The number of hydrogen-bond acceptors (Lipinski definition) is 2. The Morgan fingerprint density at radius 3 is 1.58 bits per heavy atom. The minimum atomic E-state index is 0.430. The molecule has 0 aliphatic heterocycles. The van der Waals surface area contributed by atoms with E-state index < -0.39 is 0 Å². The highest BCUT2D eigenvalue weighted by molar-refractivity contribution is 5.58. The quantitative estimate of drug-likeness (QED) is 0.297. The molecule has 0 fully saturated rings. The minimum absolute atomic E-state index is 0.430. The van der Waals surface area contributed by atoms with Gasteiger partial charge in [-0.25, -0.2) is 0 Å². The lowest BCUT2D eigenvalue weighted by atomic mass is 10.1. The van der Waals surface area contributed by atoms with Crippen LogP contribution in [0.4, 0.5) is 0 Å². The molecule has 0 saturated heterocycles. The molecular weight excluding hydrogens is 320 g/mol. The van der Waals surface area contributed by atoms with Crippen molar-refractivity contribution in [2.45, 2.75) is 52.4 Å². The maximum absolute atomic E-state index is 5.81. The first kappa shape index (κ1) is 21.5. The van der Waals surface area contributed by atoms with Crippen molar-refractivity contribution >= 4 is 0 Å². The van der Waals surface area contributed by atoms with E-state index >= 15 is 0 Å². The number of hydrogen-bond donors (Lipinski definition) is 0. The molecule has 26 heavy (non-hydrogen) atoms. The third-order valence-electron chi connectivity index (χ3n) is 3.55. The third kappa shape index (κ3) is 8.00. The number of rotatable bonds is 10. The summed E-state index contributed by atoms with van der Waals surface area (Å²) in [4.78, 5) is 0. The monoisotopic (exact) mass is 350 g/mol. The molecule has 1 rings (SSSR count). The molecule has 0 aliphatic carbocycles. The SMILES string of the molecule is C=CCOc1cc(C#CCCCC)c(OCC=C)cc1C#CCCCC. The van der Waals surface area contributed by atoms with Crippen LogP contribution in [-0.4, -0.2) is 13.2 Å². The summed E-state index contributed by atoms with van der Waals surface area (Å²) in [6, 6.07) is 3.84. The molecule has 0 amide bonds. The summed E-state index contributed by atoms with van der Waals surface area (Å²) in [7, 11) is 0. The lowest BCUT2D eigenvalue weighted by Crippen LogP contribution is -2.00. The second-order valence-corrected chi connectivity index (χ2v) is 5.85. The van der Waals surface area contributed by atoms with Gasteiger partial charge in [-0.2, -0.15) is 0 Å². The van der Waals surface area contributed by atoms with Gasteiger partial charge < -0.3 is 9.47 Å². The summed E-state index contributed by atoms with van der Waals surface area (Å²) in [5.41, 5.74) is 1.64. The van der Waals surface area contributed by atoms with Crippen molar-refractivity contribution in [2.24, 2.45) is 0 Å². The third-order valence-corrected chi connectivity index (χ3v) is 3.55. The lowest BCUT2D eigenvalue weighted by Gasteiger charge is -2.12. The molecule has 0 N–H and O–H groups in total. The van der Waals surface area contributed by atoms with Crippen molar-refractivity contribution in [1.82, 2.24) is 0 Å². The normalized spacial score (nSPS) is 9.31. The zero-order valence-corrected chi connectivity index (χ0v) is 16.2. The average Bonchev–Trinajstić information content (AvgIpc) is 2.66. The van der Waals surface area contributed by atoms with E-state index in [4.69, 9.17) is 9.47 Å². The fraction of sp³-hybridized carbons (Fsp3) is 0.417. The van der Waals surface area contributed by atoms with Crippen LogP contribution in [0.5, 0.6) is 11.5 Å². The summed E-state index contributed by atoms with van der Waals surface area (Å²) in [6.45, 7) is 12.6.